The van der Waals surface area contributed by atoms with Gasteiger partial charge in [0.2, 0.25) is 0 Å². The van der Waals surface area contributed by atoms with E-state index < -0.39 is 29.0 Å². The van der Waals surface area contributed by atoms with Gasteiger partial charge in [0.1, 0.15) is 25.5 Å². The van der Waals surface area contributed by atoms with E-state index in [9.17, 15) is 9.59 Å². The minimum absolute atomic E-state index is 0.0512. The standard InChI is InChI=1S/C46H73N7O5/c1-7-49-37-24-32-13-9-8-12-31(32)23-34(37)27-57-42(56)46-41(55)39-33(22-29(2)3)14-10-15-36(39)40(54)45(46,58-46)19-16-30(4)26-44(18-11-20-51-43(48-6)53-44)35-17-21-50-38(25-35)52-28-47-5/h9,13,16,24,29,31,33-39,47,49-50,52H,7-8,10-12,14-15,17-23,25-28H2,1-6H3,(H2,48,51,53)/p+4. The molecule has 4 aliphatic carbocycles. The number of nitrogens with two attached hydrogens (primary N) is 3. The van der Waals surface area contributed by atoms with Crippen molar-refractivity contribution in [2.75, 3.05) is 47.0 Å². The molecule has 322 valence electrons. The van der Waals surface area contributed by atoms with E-state index in [2.05, 4.69) is 95.9 Å². The molecule has 3 aliphatic heterocycles. The Morgan fingerprint density at radius 1 is 1.16 bits per heavy atom. The molecule has 58 heavy (non-hydrogen) atoms. The summed E-state index contributed by atoms with van der Waals surface area (Å²) in [5, 5.41) is 18.2. The lowest BCUT2D eigenvalue weighted by atomic mass is 9.57. The summed E-state index contributed by atoms with van der Waals surface area (Å²) in [5.74, 6) is 0.625. The maximum absolute atomic E-state index is 15.1. The SMILES string of the molecule is CC[NH2+]C1C=C2C=CCCC2CC1COC(=O)C12OC1(CC=C(C)CC1(C3CC[NH2+]C(NC[NH2+]C)C3)CCCNC(=[NH+]C)N1)C(=O)C1CCCC(CC(C)C)C1C2=O. The van der Waals surface area contributed by atoms with Gasteiger partial charge in [-0.2, -0.15) is 0 Å². The number of epoxide rings is 1. The zero-order chi connectivity index (χ0) is 41.1. The van der Waals surface area contributed by atoms with E-state index in [1.165, 1.54) is 5.57 Å². The monoisotopic (exact) mass is 808 g/mol. The summed E-state index contributed by atoms with van der Waals surface area (Å²) in [4.78, 5) is 48.2. The van der Waals surface area contributed by atoms with E-state index in [0.717, 1.165) is 108 Å². The number of guanidine groups is 1. The second-order valence-electron chi connectivity index (χ2n) is 19.5. The molecule has 3 heterocycles. The number of esters is 1. The number of Topliss-reactive ketones (excluding diaryl/α,β-unsaturated/α-hetero) is 2. The number of rotatable bonds is 15. The molecular weight excluding hydrogens is 731 g/mol. The number of ether oxygens (including phenoxy) is 2. The van der Waals surface area contributed by atoms with Crippen molar-refractivity contribution in [3.63, 3.8) is 0 Å². The van der Waals surface area contributed by atoms with Gasteiger partial charge >= 0.3 is 11.9 Å². The lowest BCUT2D eigenvalue weighted by molar-refractivity contribution is -0.717. The molecular formula is C46H77N7O5+4. The van der Waals surface area contributed by atoms with Crippen LogP contribution in [-0.2, 0) is 23.9 Å². The highest BCUT2D eigenvalue weighted by molar-refractivity contribution is 6.23. The molecule has 12 heteroatoms. The highest BCUT2D eigenvalue weighted by Crippen LogP contribution is 2.63. The molecule has 7 rings (SSSR count). The predicted octanol–water partition coefficient (Wildman–Crippen LogP) is -0.323. The molecule has 12 nitrogen and oxygen atoms in total. The Balaban J connectivity index is 1.16. The summed E-state index contributed by atoms with van der Waals surface area (Å²) in [6, 6.07) is 0.195. The number of likely N-dealkylation sites (N-methyl/N-ethyl adjacent to an activating group) is 1. The average Bonchev–Trinajstić information content (AvgIpc) is 3.97. The van der Waals surface area contributed by atoms with Gasteiger partial charge in [-0.15, -0.1) is 0 Å². The Morgan fingerprint density at radius 3 is 2.78 bits per heavy atom. The van der Waals surface area contributed by atoms with Gasteiger partial charge in [0.25, 0.3) is 5.60 Å². The summed E-state index contributed by atoms with van der Waals surface area (Å²) in [5.41, 5.74) is -1.04. The predicted molar refractivity (Wildman–Crippen MR) is 223 cm³/mol. The molecule has 5 fully saturated rings. The second-order valence-corrected chi connectivity index (χ2v) is 19.5. The van der Waals surface area contributed by atoms with Crippen molar-refractivity contribution in [2.45, 2.75) is 140 Å². The van der Waals surface area contributed by atoms with Crippen LogP contribution in [0.15, 0.2) is 35.5 Å². The molecule has 3 saturated heterocycles. The minimum atomic E-state index is -1.87. The van der Waals surface area contributed by atoms with Crippen LogP contribution in [0.1, 0.15) is 111 Å². The lowest BCUT2D eigenvalue weighted by Crippen LogP contribution is -2.98. The van der Waals surface area contributed by atoms with Gasteiger partial charge in [0.05, 0.1) is 39.3 Å². The van der Waals surface area contributed by atoms with Gasteiger partial charge in [-0.1, -0.05) is 44.1 Å². The fourth-order valence-electron chi connectivity index (χ4n) is 12.4. The number of hydrogen-bond donors (Lipinski definition) is 7. The number of hydrogen-bond acceptors (Lipinski definition) is 6. The largest absolute Gasteiger partial charge is 0.463 e. The Morgan fingerprint density at radius 2 is 2.00 bits per heavy atom. The number of nitrogens with one attached hydrogen (secondary N) is 4. The number of allylic oxidation sites excluding steroid dienone is 3. The zero-order valence-corrected chi connectivity index (χ0v) is 36.5. The van der Waals surface area contributed by atoms with Gasteiger partial charge < -0.3 is 25.4 Å². The first kappa shape index (κ1) is 43.2. The molecule has 0 amide bonds. The van der Waals surface area contributed by atoms with Crippen molar-refractivity contribution in [2.24, 2.45) is 41.4 Å². The van der Waals surface area contributed by atoms with Crippen LogP contribution in [0, 0.1) is 41.4 Å². The molecule has 0 aromatic heterocycles. The summed E-state index contributed by atoms with van der Waals surface area (Å²) in [7, 11) is 4.05. The van der Waals surface area contributed by atoms with Crippen LogP contribution >= 0.6 is 0 Å². The van der Waals surface area contributed by atoms with Gasteiger partial charge in [-0.05, 0) is 94.6 Å². The summed E-state index contributed by atoms with van der Waals surface area (Å²) in [6.45, 7) is 12.7. The number of piperidine rings is 1. The van der Waals surface area contributed by atoms with Crippen molar-refractivity contribution < 1.29 is 44.8 Å². The number of fused-ring (bicyclic) bond motifs is 3. The summed E-state index contributed by atoms with van der Waals surface area (Å²) >= 11 is 0. The van der Waals surface area contributed by atoms with Gasteiger partial charge in [0.15, 0.2) is 17.2 Å². The van der Waals surface area contributed by atoms with Crippen LogP contribution in [0.25, 0.3) is 0 Å². The Labute approximate surface area is 347 Å². The van der Waals surface area contributed by atoms with E-state index in [1.807, 2.05) is 7.05 Å². The Hall–Kier alpha value is -2.90. The first-order valence-electron chi connectivity index (χ1n) is 23.2. The highest BCUT2D eigenvalue weighted by atomic mass is 16.7. The Kier molecular flexibility index (Phi) is 13.7. The smallest absolute Gasteiger partial charge is 0.350 e. The van der Waals surface area contributed by atoms with E-state index in [4.69, 9.17) is 9.47 Å². The zero-order valence-electron chi connectivity index (χ0n) is 36.5. The van der Waals surface area contributed by atoms with Crippen molar-refractivity contribution in [1.82, 2.24) is 16.0 Å². The molecule has 0 bridgehead atoms. The first-order valence-corrected chi connectivity index (χ1v) is 23.2. The third kappa shape index (κ3) is 8.39. The van der Waals surface area contributed by atoms with Crippen LogP contribution in [0.4, 0.5) is 0 Å². The van der Waals surface area contributed by atoms with Crippen molar-refractivity contribution in [1.29, 1.82) is 0 Å². The first-order chi connectivity index (χ1) is 28.0. The van der Waals surface area contributed by atoms with Crippen LogP contribution in [0.2, 0.25) is 0 Å². The molecule has 0 aromatic rings. The topological polar surface area (TPSA) is 173 Å². The minimum Gasteiger partial charge on any atom is -0.463 e. The van der Waals surface area contributed by atoms with E-state index in [1.54, 1.807) is 0 Å². The van der Waals surface area contributed by atoms with E-state index in [-0.39, 0.29) is 48.0 Å². The van der Waals surface area contributed by atoms with Crippen LogP contribution < -0.4 is 36.9 Å². The number of quaternary nitrogens is 3. The number of carbonyl (C=O) groups is 3. The van der Waals surface area contributed by atoms with Gasteiger partial charge in [0, 0.05) is 49.4 Å². The maximum Gasteiger partial charge on any atom is 0.350 e. The normalized spacial score (nSPS) is 39.5. The molecule has 0 radical (unpaired) electrons. The number of ketones is 2. The summed E-state index contributed by atoms with van der Waals surface area (Å²) in [6.07, 6.45) is 21.1. The Bertz CT molecular complexity index is 1640. The van der Waals surface area contributed by atoms with Crippen LogP contribution in [0.3, 0.4) is 0 Å². The summed E-state index contributed by atoms with van der Waals surface area (Å²) < 4.78 is 12.9. The second kappa shape index (κ2) is 18.4. The van der Waals surface area contributed by atoms with Crippen LogP contribution in [0.5, 0.6) is 0 Å². The van der Waals surface area contributed by atoms with Crippen LogP contribution in [-0.4, -0.2) is 99.4 Å². The third-order valence-electron chi connectivity index (χ3n) is 15.2. The van der Waals surface area contributed by atoms with Gasteiger partial charge in [-0.25, -0.2) is 10.1 Å². The van der Waals surface area contributed by atoms with Crippen molar-refractivity contribution in [3.8, 4) is 0 Å². The van der Waals surface area contributed by atoms with E-state index >= 15 is 4.79 Å². The quantitative estimate of drug-likeness (QED) is 0.0388. The molecule has 0 spiro atoms. The third-order valence-corrected chi connectivity index (χ3v) is 15.2. The average molecular weight is 808 g/mol. The molecule has 7 aliphatic rings. The van der Waals surface area contributed by atoms with Crippen molar-refractivity contribution in [3.05, 3.63) is 35.5 Å². The molecule has 0 aromatic carbocycles. The molecule has 11 unspecified atom stereocenters. The fourth-order valence-corrected chi connectivity index (χ4v) is 12.4. The molecule has 11 atom stereocenters. The maximum atomic E-state index is 15.1. The molecule has 2 saturated carbocycles. The number of carbonyl (C=O) groups excluding carboxylic acids is 3. The van der Waals surface area contributed by atoms with Crippen molar-refractivity contribution >= 4 is 23.5 Å². The lowest BCUT2D eigenvalue weighted by Gasteiger charge is -2.42. The highest BCUT2D eigenvalue weighted by Gasteiger charge is 2.87. The van der Waals surface area contributed by atoms with Gasteiger partial charge in [-0.3, -0.25) is 25.2 Å². The molecule has 10 N–H and O–H groups in total. The fraction of sp³-hybridized carbons (Fsp3) is 0.783. The van der Waals surface area contributed by atoms with E-state index in [0.29, 0.717) is 30.3 Å².